The van der Waals surface area contributed by atoms with Gasteiger partial charge in [-0.1, -0.05) is 30.3 Å². The minimum Gasteiger partial charge on any atom is -0.361 e. The molecule has 0 saturated heterocycles. The molecule has 0 saturated carbocycles. The molecule has 1 aromatic heterocycles. The quantitative estimate of drug-likeness (QED) is 0.560. The fourth-order valence-corrected chi connectivity index (χ4v) is 3.41. The lowest BCUT2D eigenvalue weighted by Gasteiger charge is -2.22. The molecule has 2 amide bonds. The van der Waals surface area contributed by atoms with E-state index < -0.39 is 0 Å². The number of aromatic amines is 1. The Balaban J connectivity index is 1.52. The Kier molecular flexibility index (Phi) is 6.66. The summed E-state index contributed by atoms with van der Waals surface area (Å²) in [7, 11) is 3.99. The summed E-state index contributed by atoms with van der Waals surface area (Å²) in [5.74, 6) is -0.260. The van der Waals surface area contributed by atoms with Crippen LogP contribution in [-0.4, -0.2) is 49.1 Å². The summed E-state index contributed by atoms with van der Waals surface area (Å²) >= 11 is 0. The van der Waals surface area contributed by atoms with Gasteiger partial charge in [0.15, 0.2) is 0 Å². The fraction of sp³-hybridized carbons (Fsp3) is 0.318. The normalized spacial score (nSPS) is 12.3. The lowest BCUT2D eigenvalue weighted by atomic mass is 10.1. The van der Waals surface area contributed by atoms with Crippen molar-refractivity contribution in [3.05, 3.63) is 71.7 Å². The van der Waals surface area contributed by atoms with Crippen molar-refractivity contribution in [2.75, 3.05) is 27.2 Å². The Morgan fingerprint density at radius 3 is 2.71 bits per heavy atom. The first kappa shape index (κ1) is 19.9. The molecule has 0 aliphatic carbocycles. The van der Waals surface area contributed by atoms with Gasteiger partial charge in [0.05, 0.1) is 0 Å². The van der Waals surface area contributed by atoms with Crippen LogP contribution in [0.25, 0.3) is 10.9 Å². The number of hydrogen-bond acceptors (Lipinski definition) is 2. The van der Waals surface area contributed by atoms with Crippen molar-refractivity contribution in [1.82, 2.24) is 20.5 Å². The van der Waals surface area contributed by atoms with E-state index in [1.807, 2.05) is 38.5 Å². The molecule has 1 unspecified atom stereocenters. The Hall–Kier alpha value is -2.86. The number of hydrogen-bond donors (Lipinski definition) is 3. The van der Waals surface area contributed by atoms with Crippen LogP contribution in [0, 0.1) is 5.82 Å². The minimum absolute atomic E-state index is 0.0217. The molecule has 0 radical (unpaired) electrons. The van der Waals surface area contributed by atoms with Crippen LogP contribution in [0.5, 0.6) is 0 Å². The number of carbonyl (C=O) groups excluding carboxylic acids is 1. The number of H-pyrrole nitrogens is 1. The van der Waals surface area contributed by atoms with E-state index in [0.29, 0.717) is 13.0 Å². The van der Waals surface area contributed by atoms with Gasteiger partial charge in [-0.15, -0.1) is 0 Å². The summed E-state index contributed by atoms with van der Waals surface area (Å²) in [6.07, 6.45) is 3.32. The summed E-state index contributed by atoms with van der Waals surface area (Å²) < 4.78 is 13.3. The highest BCUT2D eigenvalue weighted by atomic mass is 19.1. The highest BCUT2D eigenvalue weighted by molar-refractivity contribution is 5.83. The molecule has 0 aliphatic rings. The molecule has 0 spiro atoms. The number of nitrogens with zero attached hydrogens (tertiary/aromatic N) is 1. The van der Waals surface area contributed by atoms with Crippen LogP contribution in [0.15, 0.2) is 54.7 Å². The first-order valence-corrected chi connectivity index (χ1v) is 9.50. The number of urea groups is 1. The molecule has 0 aliphatic heterocycles. The predicted molar refractivity (Wildman–Crippen MR) is 111 cm³/mol. The number of nitrogens with one attached hydrogen (secondary N) is 3. The number of aromatic nitrogens is 1. The van der Waals surface area contributed by atoms with Crippen molar-refractivity contribution in [3.8, 4) is 0 Å². The lowest BCUT2D eigenvalue weighted by molar-refractivity contribution is 0.232. The van der Waals surface area contributed by atoms with Crippen molar-refractivity contribution in [3.63, 3.8) is 0 Å². The van der Waals surface area contributed by atoms with E-state index in [9.17, 15) is 9.18 Å². The third-order valence-electron chi connectivity index (χ3n) is 4.66. The Morgan fingerprint density at radius 2 is 1.96 bits per heavy atom. The zero-order chi connectivity index (χ0) is 19.9. The average molecular weight is 382 g/mol. The topological polar surface area (TPSA) is 60.2 Å². The van der Waals surface area contributed by atoms with Gasteiger partial charge in [0.1, 0.15) is 5.82 Å². The third kappa shape index (κ3) is 5.57. The van der Waals surface area contributed by atoms with Gasteiger partial charge in [-0.25, -0.2) is 9.18 Å². The molecule has 3 rings (SSSR count). The molecule has 3 N–H and O–H groups in total. The van der Waals surface area contributed by atoms with Gasteiger partial charge in [-0.3, -0.25) is 0 Å². The van der Waals surface area contributed by atoms with Gasteiger partial charge in [-0.2, -0.15) is 0 Å². The van der Waals surface area contributed by atoms with E-state index in [2.05, 4.69) is 32.7 Å². The van der Waals surface area contributed by atoms with Crippen LogP contribution in [0.4, 0.5) is 9.18 Å². The van der Waals surface area contributed by atoms with Crippen LogP contribution in [0.1, 0.15) is 11.1 Å². The Bertz CT molecular complexity index is 907. The summed E-state index contributed by atoms with van der Waals surface area (Å²) in [4.78, 5) is 17.5. The van der Waals surface area contributed by atoms with E-state index in [0.717, 1.165) is 29.4 Å². The molecule has 28 heavy (non-hydrogen) atoms. The fourth-order valence-electron chi connectivity index (χ4n) is 3.41. The van der Waals surface area contributed by atoms with E-state index >= 15 is 0 Å². The van der Waals surface area contributed by atoms with Crippen molar-refractivity contribution in [1.29, 1.82) is 0 Å². The van der Waals surface area contributed by atoms with Crippen molar-refractivity contribution in [2.24, 2.45) is 0 Å². The zero-order valence-corrected chi connectivity index (χ0v) is 16.3. The van der Waals surface area contributed by atoms with Gasteiger partial charge < -0.3 is 20.5 Å². The molecular formula is C22H27FN4O. The molecular weight excluding hydrogens is 355 g/mol. The molecule has 2 aromatic carbocycles. The lowest BCUT2D eigenvalue weighted by Crippen LogP contribution is -2.47. The second-order valence-electron chi connectivity index (χ2n) is 7.30. The number of halogens is 1. The number of fused-ring (bicyclic) bond motifs is 1. The number of likely N-dealkylation sites (N-methyl/N-ethyl adjacent to an activating group) is 1. The van der Waals surface area contributed by atoms with Gasteiger partial charge in [-0.05, 0) is 56.3 Å². The van der Waals surface area contributed by atoms with E-state index in [1.165, 1.54) is 17.7 Å². The van der Waals surface area contributed by atoms with Crippen LogP contribution in [0.2, 0.25) is 0 Å². The second-order valence-corrected chi connectivity index (χ2v) is 7.30. The standard InChI is InChI=1S/C22H27FN4O/c1-27(2)15-19(12-16-6-4-3-5-7-16)26-22(28)24-11-10-17-14-25-21-13-18(23)8-9-20(17)21/h3-9,13-14,19,25H,10-12,15H2,1-2H3,(H2,24,26,28). The van der Waals surface area contributed by atoms with E-state index in [1.54, 1.807) is 6.07 Å². The third-order valence-corrected chi connectivity index (χ3v) is 4.66. The maximum absolute atomic E-state index is 13.3. The van der Waals surface area contributed by atoms with E-state index in [-0.39, 0.29) is 17.9 Å². The van der Waals surface area contributed by atoms with Crippen LogP contribution in [-0.2, 0) is 12.8 Å². The molecule has 1 atom stereocenters. The van der Waals surface area contributed by atoms with Crippen molar-refractivity contribution < 1.29 is 9.18 Å². The molecule has 1 heterocycles. The molecule has 148 valence electrons. The van der Waals surface area contributed by atoms with E-state index in [4.69, 9.17) is 0 Å². The van der Waals surface area contributed by atoms with Gasteiger partial charge >= 0.3 is 6.03 Å². The van der Waals surface area contributed by atoms with Crippen molar-refractivity contribution >= 4 is 16.9 Å². The van der Waals surface area contributed by atoms with Crippen LogP contribution < -0.4 is 10.6 Å². The maximum atomic E-state index is 13.3. The summed E-state index contributed by atoms with van der Waals surface area (Å²) in [6.45, 7) is 1.27. The monoisotopic (exact) mass is 382 g/mol. The minimum atomic E-state index is -0.260. The SMILES string of the molecule is CN(C)CC(Cc1ccccc1)NC(=O)NCCc1c[nH]c2cc(F)ccc12. The Morgan fingerprint density at radius 1 is 1.18 bits per heavy atom. The summed E-state index contributed by atoms with van der Waals surface area (Å²) in [6, 6.07) is 14.7. The largest absolute Gasteiger partial charge is 0.361 e. The molecule has 0 fully saturated rings. The maximum Gasteiger partial charge on any atom is 0.315 e. The first-order valence-electron chi connectivity index (χ1n) is 9.50. The average Bonchev–Trinajstić information content (AvgIpc) is 3.04. The molecule has 3 aromatic rings. The van der Waals surface area contributed by atoms with Gasteiger partial charge in [0.2, 0.25) is 0 Å². The molecule has 5 nitrogen and oxygen atoms in total. The highest BCUT2D eigenvalue weighted by Gasteiger charge is 2.14. The first-order chi connectivity index (χ1) is 13.5. The summed E-state index contributed by atoms with van der Waals surface area (Å²) in [5.41, 5.74) is 3.03. The molecule has 6 heteroatoms. The van der Waals surface area contributed by atoms with Crippen LogP contribution in [0.3, 0.4) is 0 Å². The van der Waals surface area contributed by atoms with Crippen LogP contribution >= 0.6 is 0 Å². The highest BCUT2D eigenvalue weighted by Crippen LogP contribution is 2.19. The number of amides is 2. The van der Waals surface area contributed by atoms with Gasteiger partial charge in [0.25, 0.3) is 0 Å². The number of rotatable bonds is 8. The molecule has 0 bridgehead atoms. The van der Waals surface area contributed by atoms with Crippen molar-refractivity contribution in [2.45, 2.75) is 18.9 Å². The zero-order valence-electron chi connectivity index (χ0n) is 16.3. The smallest absolute Gasteiger partial charge is 0.315 e. The van der Waals surface area contributed by atoms with Gasteiger partial charge in [0, 0.05) is 36.2 Å². The Labute approximate surface area is 164 Å². The summed E-state index contributed by atoms with van der Waals surface area (Å²) in [5, 5.41) is 6.99. The second kappa shape index (κ2) is 9.37. The number of carbonyl (C=O) groups is 1. The number of benzene rings is 2. The predicted octanol–water partition coefficient (Wildman–Crippen LogP) is 3.32.